The molecule has 1 fully saturated rings. The van der Waals surface area contributed by atoms with Crippen LogP contribution in [0.15, 0.2) is 116 Å². The van der Waals surface area contributed by atoms with Crippen LogP contribution in [0.2, 0.25) is 5.28 Å². The van der Waals surface area contributed by atoms with Crippen molar-refractivity contribution >= 4 is 93.0 Å². The molecule has 0 bridgehead atoms. The molecule has 4 aromatic heterocycles. The number of hydrogen-bond donors (Lipinski definition) is 8. The summed E-state index contributed by atoms with van der Waals surface area (Å²) in [5, 5.41) is 26.2. The fraction of sp³-hybridized carbons (Fsp3) is 0.208. The molecule has 0 spiro atoms. The number of H-pyrrole nitrogens is 1. The molecular weight excluding hydrogens is 929 g/mol. The molecule has 23 heteroatoms. The van der Waals surface area contributed by atoms with Gasteiger partial charge in [0.05, 0.1) is 40.1 Å². The van der Waals surface area contributed by atoms with E-state index < -0.39 is 13.0 Å². The molecule has 1 saturated heterocycles. The van der Waals surface area contributed by atoms with Crippen LogP contribution in [-0.2, 0) is 16.4 Å². The quantitative estimate of drug-likeness (QED) is 0.0600. The van der Waals surface area contributed by atoms with E-state index in [2.05, 4.69) is 61.8 Å². The van der Waals surface area contributed by atoms with Crippen molar-refractivity contribution in [1.29, 1.82) is 0 Å². The summed E-state index contributed by atoms with van der Waals surface area (Å²) in [7, 11) is 4.57. The van der Waals surface area contributed by atoms with E-state index in [9.17, 15) is 19.2 Å². The number of fused-ring (bicyclic) bond motifs is 2. The highest BCUT2D eigenvalue weighted by atomic mass is 35.5. The minimum absolute atomic E-state index is 0.109. The molecule has 9 rings (SSSR count). The van der Waals surface area contributed by atoms with Crippen molar-refractivity contribution in [2.24, 2.45) is 18.5 Å². The average Bonchev–Trinajstić information content (AvgIpc) is 4.04. The van der Waals surface area contributed by atoms with Gasteiger partial charge in [0.25, 0.3) is 0 Å². The Balaban J connectivity index is 0.000000160. The molecule has 5 heterocycles. The maximum absolute atomic E-state index is 11.4. The molecule has 21 nitrogen and oxygen atoms in total. The fourth-order valence-electron chi connectivity index (χ4n) is 6.52. The third-order valence-electron chi connectivity index (χ3n) is 11.1. The van der Waals surface area contributed by atoms with Crippen molar-refractivity contribution in [2.45, 2.75) is 45.8 Å². The van der Waals surface area contributed by atoms with Crippen molar-refractivity contribution in [3.8, 4) is 11.4 Å². The molecular formula is C48H53BClN15O6. The first kappa shape index (κ1) is 51.9. The summed E-state index contributed by atoms with van der Waals surface area (Å²) >= 11 is 5.84. The number of hydrogen-bond acceptors (Lipinski definition) is 13. The van der Waals surface area contributed by atoms with E-state index in [1.54, 1.807) is 79.7 Å². The molecule has 0 saturated carbocycles. The number of aromatic nitrogens is 8. The van der Waals surface area contributed by atoms with Crippen LogP contribution in [0.3, 0.4) is 0 Å². The summed E-state index contributed by atoms with van der Waals surface area (Å²) in [5.74, 6) is 0.282. The Morgan fingerprint density at radius 3 is 1.87 bits per heavy atom. The topological polar surface area (TPSA) is 297 Å². The number of aromatic amines is 1. The van der Waals surface area contributed by atoms with Crippen molar-refractivity contribution in [3.05, 3.63) is 138 Å². The smallest absolute Gasteiger partial charge is 0.399 e. The Morgan fingerprint density at radius 1 is 0.690 bits per heavy atom. The van der Waals surface area contributed by atoms with Crippen LogP contribution in [0.25, 0.3) is 33.5 Å². The van der Waals surface area contributed by atoms with Gasteiger partial charge in [0.1, 0.15) is 5.82 Å². The van der Waals surface area contributed by atoms with Gasteiger partial charge in [-0.05, 0) is 112 Å². The predicted octanol–water partition coefficient (Wildman–Crippen LogP) is 6.46. The SMILES string of the molecule is CNC(=O)Nc1cccc(-c2nc(C)c3cnn(C)c3n2)c1.CNC(=O)Nc1cccc(B2OC(C)(C)C(C)(C)O2)c1.NC(=O)c1ccc(Nc2nc(Cl)nc3[nH]ncc23)cc1.NC(=O)c1ccccc1. The van der Waals surface area contributed by atoms with Gasteiger partial charge >= 0.3 is 19.2 Å². The third-order valence-corrected chi connectivity index (χ3v) is 11.2. The summed E-state index contributed by atoms with van der Waals surface area (Å²) in [4.78, 5) is 61.4. The fourth-order valence-corrected chi connectivity index (χ4v) is 6.69. The number of anilines is 4. The number of halogens is 1. The number of rotatable bonds is 8. The minimum atomic E-state index is -0.473. The van der Waals surface area contributed by atoms with Gasteiger partial charge in [0.15, 0.2) is 17.1 Å². The Bertz CT molecular complexity index is 3150. The molecule has 1 aliphatic rings. The zero-order valence-corrected chi connectivity index (χ0v) is 40.9. The van der Waals surface area contributed by atoms with Crippen molar-refractivity contribution < 1.29 is 28.5 Å². The predicted molar refractivity (Wildman–Crippen MR) is 275 cm³/mol. The second-order valence-electron chi connectivity index (χ2n) is 16.6. The Morgan fingerprint density at radius 2 is 1.28 bits per heavy atom. The van der Waals surface area contributed by atoms with Gasteiger partial charge in [0.2, 0.25) is 17.1 Å². The normalized spacial score (nSPS) is 13.0. The monoisotopic (exact) mass is 981 g/mol. The van der Waals surface area contributed by atoms with Crippen molar-refractivity contribution in [2.75, 3.05) is 30.0 Å². The number of amides is 6. The zero-order chi connectivity index (χ0) is 51.5. The van der Waals surface area contributed by atoms with Crippen molar-refractivity contribution in [1.82, 2.24) is 50.5 Å². The van der Waals surface area contributed by atoms with Gasteiger partial charge in [-0.15, -0.1) is 0 Å². The lowest BCUT2D eigenvalue weighted by molar-refractivity contribution is 0.00578. The third kappa shape index (κ3) is 13.4. The van der Waals surface area contributed by atoms with Crippen LogP contribution in [0.1, 0.15) is 54.1 Å². The maximum atomic E-state index is 11.4. The number of primary amides is 2. The van der Waals surface area contributed by atoms with Gasteiger partial charge in [-0.1, -0.05) is 42.5 Å². The zero-order valence-electron chi connectivity index (χ0n) is 40.2. The Hall–Kier alpha value is -8.47. The highest BCUT2D eigenvalue weighted by Crippen LogP contribution is 2.36. The van der Waals surface area contributed by atoms with Crippen LogP contribution < -0.4 is 43.5 Å². The molecule has 10 N–H and O–H groups in total. The molecule has 8 aromatic rings. The van der Waals surface area contributed by atoms with E-state index in [4.69, 9.17) is 32.4 Å². The van der Waals surface area contributed by atoms with Crippen LogP contribution in [0, 0.1) is 6.92 Å². The second kappa shape index (κ2) is 22.8. The molecule has 0 unspecified atom stereocenters. The standard InChI is InChI=1S/C15H16N6O.C14H21BN2O3.C12H9ClN6O.C7H7NO/c1-9-12-8-17-21(3)14(12)20-13(18-9)10-5-4-6-11(7-10)19-15(22)16-2;1-13(2)14(3,4)20-15(19-13)10-7-6-8-11(9-10)17-12(18)16-5;13-12-17-10(8-5-15-19-11(8)18-12)16-7-3-1-6(2-4-7)9(14)20;8-7(9)6-4-2-1-3-5-6/h4-8H,1-3H3,(H2,16,19,22);6-9H,1-5H3,(H2,16,17,18);1-5H,(H2,14,20)(H2,15,16,17,18,19);1-5H,(H2,8,9). The second-order valence-corrected chi connectivity index (χ2v) is 16.9. The minimum Gasteiger partial charge on any atom is -0.399 e. The molecule has 1 aliphatic heterocycles. The number of benzene rings is 4. The first-order valence-electron chi connectivity index (χ1n) is 21.9. The summed E-state index contributed by atoms with van der Waals surface area (Å²) in [6.07, 6.45) is 3.36. The van der Waals surface area contributed by atoms with E-state index in [-0.39, 0.29) is 34.5 Å². The Kier molecular flexibility index (Phi) is 16.6. The highest BCUT2D eigenvalue weighted by molar-refractivity contribution is 6.62. The number of aryl methyl sites for hydroxylation is 2. The van der Waals surface area contributed by atoms with Gasteiger partial charge in [-0.3, -0.25) is 19.4 Å². The van der Waals surface area contributed by atoms with Gasteiger partial charge < -0.3 is 47.4 Å². The van der Waals surface area contributed by atoms with Crippen LogP contribution >= 0.6 is 11.6 Å². The summed E-state index contributed by atoms with van der Waals surface area (Å²) < 4.78 is 13.7. The number of nitrogens with zero attached hydrogens (tertiary/aromatic N) is 7. The molecule has 0 radical (unpaired) electrons. The Labute approximate surface area is 414 Å². The molecule has 0 aliphatic carbocycles. The van der Waals surface area contributed by atoms with E-state index in [0.29, 0.717) is 45.2 Å². The number of carbonyl (C=O) groups is 4. The number of urea groups is 2. The lowest BCUT2D eigenvalue weighted by Crippen LogP contribution is -2.41. The molecule has 6 amide bonds. The van der Waals surface area contributed by atoms with Gasteiger partial charge in [-0.2, -0.15) is 20.2 Å². The first-order chi connectivity index (χ1) is 33.8. The van der Waals surface area contributed by atoms with Crippen LogP contribution in [-0.4, -0.2) is 96.2 Å². The summed E-state index contributed by atoms with van der Waals surface area (Å²) in [6, 6.07) is 29.8. The lowest BCUT2D eigenvalue weighted by Gasteiger charge is -2.32. The maximum Gasteiger partial charge on any atom is 0.494 e. The van der Waals surface area contributed by atoms with E-state index in [1.807, 2.05) is 96.3 Å². The van der Waals surface area contributed by atoms with E-state index >= 15 is 0 Å². The number of nitrogens with one attached hydrogen (secondary N) is 6. The molecule has 71 heavy (non-hydrogen) atoms. The van der Waals surface area contributed by atoms with E-state index in [1.165, 1.54) is 0 Å². The average molecular weight is 982 g/mol. The lowest BCUT2D eigenvalue weighted by atomic mass is 9.79. The van der Waals surface area contributed by atoms with Crippen LogP contribution in [0.4, 0.5) is 32.5 Å². The first-order valence-corrected chi connectivity index (χ1v) is 22.2. The summed E-state index contributed by atoms with van der Waals surface area (Å²) in [5.41, 5.74) is 16.5. The van der Waals surface area contributed by atoms with Crippen molar-refractivity contribution in [3.63, 3.8) is 0 Å². The number of carbonyl (C=O) groups excluding carboxylic acids is 4. The molecule has 4 aromatic carbocycles. The van der Waals surface area contributed by atoms with Gasteiger partial charge in [0, 0.05) is 54.9 Å². The van der Waals surface area contributed by atoms with Gasteiger partial charge in [-0.25, -0.2) is 19.6 Å². The van der Waals surface area contributed by atoms with Crippen LogP contribution in [0.5, 0.6) is 0 Å². The molecule has 0 atom stereocenters. The highest BCUT2D eigenvalue weighted by Gasteiger charge is 2.51. The molecule has 366 valence electrons. The van der Waals surface area contributed by atoms with E-state index in [0.717, 1.165) is 33.4 Å². The number of nitrogens with two attached hydrogens (primary N) is 2. The summed E-state index contributed by atoms with van der Waals surface area (Å²) in [6.45, 7) is 9.99. The largest absolute Gasteiger partial charge is 0.494 e.